The maximum atomic E-state index is 14.1. The molecule has 0 radical (unpaired) electrons. The van der Waals surface area contributed by atoms with Crippen molar-refractivity contribution in [2.45, 2.75) is 118 Å². The number of unbranched alkanes of at least 4 members (excludes halogenated alkanes) is 4. The van der Waals surface area contributed by atoms with Crippen molar-refractivity contribution >= 4 is 34.7 Å². The number of amides is 1. The van der Waals surface area contributed by atoms with E-state index in [0.29, 0.717) is 43.9 Å². The predicted molar refractivity (Wildman–Crippen MR) is 184 cm³/mol. The van der Waals surface area contributed by atoms with E-state index in [-0.39, 0.29) is 29.5 Å². The normalized spacial score (nSPS) is 14.1. The Morgan fingerprint density at radius 1 is 1.16 bits per heavy atom. The van der Waals surface area contributed by atoms with Gasteiger partial charge in [0, 0.05) is 37.4 Å². The SMILES string of the molecule is CCCCCCN(C(=O)CCCC)C(CC(OCCN)C(=N)S/C=C/C(Cc1ccc(N)c(F)c1)CC(C)(C)C=O)C(C)C. The van der Waals surface area contributed by atoms with E-state index >= 15 is 0 Å². The van der Waals surface area contributed by atoms with Gasteiger partial charge in [0.05, 0.1) is 17.3 Å². The molecule has 1 aromatic rings. The van der Waals surface area contributed by atoms with Crippen molar-refractivity contribution in [3.63, 3.8) is 0 Å². The number of thioether (sulfide) groups is 1. The Morgan fingerprint density at radius 2 is 1.86 bits per heavy atom. The van der Waals surface area contributed by atoms with Crippen molar-refractivity contribution in [3.05, 3.63) is 41.1 Å². The molecule has 5 N–H and O–H groups in total. The molecule has 0 spiro atoms. The Bertz CT molecular complexity index is 1030. The van der Waals surface area contributed by atoms with Crippen LogP contribution in [-0.2, 0) is 20.7 Å². The Kier molecular flexibility index (Phi) is 19.4. The second kappa shape index (κ2) is 21.5. The van der Waals surface area contributed by atoms with Crippen LogP contribution in [0.3, 0.4) is 0 Å². The van der Waals surface area contributed by atoms with E-state index in [9.17, 15) is 14.0 Å². The molecule has 3 unspecified atom stereocenters. The van der Waals surface area contributed by atoms with Gasteiger partial charge in [-0.25, -0.2) is 4.39 Å². The second-order valence-corrected chi connectivity index (χ2v) is 13.8. The quantitative estimate of drug-likeness (QED) is 0.0372. The van der Waals surface area contributed by atoms with Crippen molar-refractivity contribution < 1.29 is 18.7 Å². The van der Waals surface area contributed by atoms with Crippen LogP contribution < -0.4 is 11.5 Å². The first-order valence-corrected chi connectivity index (χ1v) is 17.3. The molecule has 3 atom stereocenters. The Balaban J connectivity index is 3.16. The molecule has 0 aliphatic carbocycles. The number of carbonyl (C=O) groups is 2. The number of allylic oxidation sites excluding steroid dienone is 1. The lowest BCUT2D eigenvalue weighted by molar-refractivity contribution is -0.135. The fourth-order valence-corrected chi connectivity index (χ4v) is 6.09. The summed E-state index contributed by atoms with van der Waals surface area (Å²) in [4.78, 5) is 27.1. The average Bonchev–Trinajstić information content (AvgIpc) is 2.98. The molecule has 250 valence electrons. The zero-order valence-electron chi connectivity index (χ0n) is 28.1. The fourth-order valence-electron chi connectivity index (χ4n) is 5.33. The number of carbonyl (C=O) groups excluding carboxylic acids is 2. The number of nitrogen functional groups attached to an aromatic ring is 1. The van der Waals surface area contributed by atoms with Crippen molar-refractivity contribution in [1.82, 2.24) is 4.90 Å². The summed E-state index contributed by atoms with van der Waals surface area (Å²) in [6.45, 7) is 13.7. The lowest BCUT2D eigenvalue weighted by Crippen LogP contribution is -2.46. The Labute approximate surface area is 270 Å². The Hall–Kier alpha value is -2.23. The van der Waals surface area contributed by atoms with Crippen molar-refractivity contribution in [1.29, 1.82) is 5.41 Å². The van der Waals surface area contributed by atoms with E-state index in [2.05, 4.69) is 27.7 Å². The van der Waals surface area contributed by atoms with E-state index in [1.54, 1.807) is 12.1 Å². The third kappa shape index (κ3) is 15.2. The monoisotopic (exact) mass is 634 g/mol. The number of aldehydes is 1. The summed E-state index contributed by atoms with van der Waals surface area (Å²) in [6, 6.07) is 4.75. The van der Waals surface area contributed by atoms with Crippen LogP contribution in [0.2, 0.25) is 0 Å². The van der Waals surface area contributed by atoms with E-state index in [0.717, 1.165) is 56.9 Å². The number of halogens is 1. The minimum Gasteiger partial charge on any atom is -0.396 e. The van der Waals surface area contributed by atoms with Crippen LogP contribution in [0.4, 0.5) is 10.1 Å². The third-order valence-corrected chi connectivity index (χ3v) is 8.70. The van der Waals surface area contributed by atoms with Crippen LogP contribution in [0, 0.1) is 28.5 Å². The van der Waals surface area contributed by atoms with Gasteiger partial charge in [-0.05, 0) is 60.6 Å². The third-order valence-electron chi connectivity index (χ3n) is 7.89. The fraction of sp³-hybridized carbons (Fsp3) is 0.686. The topological polar surface area (TPSA) is 122 Å². The second-order valence-electron chi connectivity index (χ2n) is 12.9. The first kappa shape index (κ1) is 39.8. The molecule has 44 heavy (non-hydrogen) atoms. The molecule has 0 saturated carbocycles. The molecule has 0 aromatic heterocycles. The number of hydrogen-bond acceptors (Lipinski definition) is 7. The predicted octanol–water partition coefficient (Wildman–Crippen LogP) is 7.76. The highest BCUT2D eigenvalue weighted by molar-refractivity contribution is 8.16. The summed E-state index contributed by atoms with van der Waals surface area (Å²) in [5, 5.41) is 11.2. The van der Waals surface area contributed by atoms with Gasteiger partial charge < -0.3 is 25.9 Å². The van der Waals surface area contributed by atoms with Gasteiger partial charge in [-0.15, -0.1) is 0 Å². The molecule has 0 bridgehead atoms. The Morgan fingerprint density at radius 3 is 2.45 bits per heavy atom. The van der Waals surface area contributed by atoms with Crippen molar-refractivity contribution in [2.75, 3.05) is 25.4 Å². The molecule has 9 heteroatoms. The molecule has 1 amide bonds. The summed E-state index contributed by atoms with van der Waals surface area (Å²) in [7, 11) is 0. The van der Waals surface area contributed by atoms with Crippen LogP contribution in [0.25, 0.3) is 0 Å². The highest BCUT2D eigenvalue weighted by atomic mass is 32.2. The number of anilines is 1. The standard InChI is InChI=1S/C35H59FN4O3S/c1-7-9-11-12-18-40(33(42)13-10-8-2)31(26(3)4)23-32(43-19-17-37)34(39)44-20-16-28(24-35(5,6)25-41)21-27-14-15-30(38)29(36)22-27/h14-16,20,22,25-26,28,31-32,39H,7-13,17-19,21,23-24,37-38H2,1-6H3/b20-16+,39-34?. The van der Waals surface area contributed by atoms with Gasteiger partial charge in [0.1, 0.15) is 18.2 Å². The van der Waals surface area contributed by atoms with Gasteiger partial charge in [-0.2, -0.15) is 0 Å². The van der Waals surface area contributed by atoms with Crippen LogP contribution in [0.5, 0.6) is 0 Å². The van der Waals surface area contributed by atoms with E-state index in [1.165, 1.54) is 17.8 Å². The van der Waals surface area contributed by atoms with Gasteiger partial charge in [-0.3, -0.25) is 10.2 Å². The number of nitrogens with one attached hydrogen (secondary N) is 1. The summed E-state index contributed by atoms with van der Waals surface area (Å²) >= 11 is 1.28. The van der Waals surface area contributed by atoms with E-state index in [1.807, 2.05) is 30.2 Å². The number of nitrogens with two attached hydrogens (primary N) is 2. The number of benzene rings is 1. The maximum Gasteiger partial charge on any atom is 0.222 e. The van der Waals surface area contributed by atoms with Crippen LogP contribution >= 0.6 is 11.8 Å². The molecular weight excluding hydrogens is 575 g/mol. The first-order valence-electron chi connectivity index (χ1n) is 16.4. The summed E-state index contributed by atoms with van der Waals surface area (Å²) in [6.07, 6.45) is 10.8. The molecule has 0 fully saturated rings. The minimum absolute atomic E-state index is 0.0554. The molecule has 0 aliphatic heterocycles. The van der Waals surface area contributed by atoms with Gasteiger partial charge in [0.2, 0.25) is 5.91 Å². The van der Waals surface area contributed by atoms with Gasteiger partial charge in [0.15, 0.2) is 0 Å². The maximum absolute atomic E-state index is 14.1. The minimum atomic E-state index is -0.554. The lowest BCUT2D eigenvalue weighted by Gasteiger charge is -2.37. The van der Waals surface area contributed by atoms with Crippen LogP contribution in [-0.4, -0.2) is 54.0 Å². The van der Waals surface area contributed by atoms with E-state index < -0.39 is 17.3 Å². The zero-order valence-corrected chi connectivity index (χ0v) is 28.9. The highest BCUT2D eigenvalue weighted by Gasteiger charge is 2.30. The number of hydrogen-bond donors (Lipinski definition) is 3. The molecule has 7 nitrogen and oxygen atoms in total. The van der Waals surface area contributed by atoms with Gasteiger partial charge in [0.25, 0.3) is 0 Å². The number of ether oxygens (including phenoxy) is 1. The molecule has 0 saturated heterocycles. The van der Waals surface area contributed by atoms with Gasteiger partial charge in [-0.1, -0.05) is 91.1 Å². The first-order chi connectivity index (χ1) is 20.9. The summed E-state index contributed by atoms with van der Waals surface area (Å²) < 4.78 is 20.3. The van der Waals surface area contributed by atoms with Crippen molar-refractivity contribution in [3.8, 4) is 0 Å². The summed E-state index contributed by atoms with van der Waals surface area (Å²) in [5.74, 6) is -0.138. The van der Waals surface area contributed by atoms with Crippen LogP contribution in [0.15, 0.2) is 29.7 Å². The largest absolute Gasteiger partial charge is 0.396 e. The molecule has 0 heterocycles. The number of nitrogens with zero attached hydrogens (tertiary/aromatic N) is 1. The zero-order chi connectivity index (χ0) is 33.1. The molecule has 0 aliphatic rings. The van der Waals surface area contributed by atoms with Crippen molar-refractivity contribution in [2.24, 2.45) is 23.0 Å². The molecular formula is C35H59FN4O3S. The van der Waals surface area contributed by atoms with E-state index in [4.69, 9.17) is 21.6 Å². The molecule has 1 aromatic carbocycles. The molecule has 1 rings (SSSR count). The van der Waals surface area contributed by atoms with Crippen LogP contribution in [0.1, 0.15) is 105 Å². The lowest BCUT2D eigenvalue weighted by atomic mass is 9.81. The highest BCUT2D eigenvalue weighted by Crippen LogP contribution is 2.29. The number of rotatable bonds is 23. The van der Waals surface area contributed by atoms with Gasteiger partial charge >= 0.3 is 0 Å². The average molecular weight is 635 g/mol. The smallest absolute Gasteiger partial charge is 0.222 e. The summed E-state index contributed by atoms with van der Waals surface area (Å²) in [5.41, 5.74) is 11.8.